The first-order chi connectivity index (χ1) is 11.4. The summed E-state index contributed by atoms with van der Waals surface area (Å²) >= 11 is 11.9. The van der Waals surface area contributed by atoms with Crippen molar-refractivity contribution < 1.29 is 9.72 Å². The first-order valence-electron chi connectivity index (χ1n) is 6.54. The summed E-state index contributed by atoms with van der Waals surface area (Å²) in [7, 11) is 0. The third kappa shape index (κ3) is 4.10. The number of nitrogens with one attached hydrogen (secondary N) is 1. The molecule has 24 heavy (non-hydrogen) atoms. The van der Waals surface area contributed by atoms with Gasteiger partial charge in [0.05, 0.1) is 20.7 Å². The van der Waals surface area contributed by atoms with Crippen molar-refractivity contribution in [3.05, 3.63) is 73.8 Å². The van der Waals surface area contributed by atoms with Gasteiger partial charge in [-0.15, -0.1) is 0 Å². The summed E-state index contributed by atoms with van der Waals surface area (Å²) < 4.78 is 0. The third-order valence-corrected chi connectivity index (χ3v) is 3.61. The van der Waals surface area contributed by atoms with Crippen molar-refractivity contribution in [3.63, 3.8) is 0 Å². The summed E-state index contributed by atoms with van der Waals surface area (Å²) in [6.45, 7) is 0. The third-order valence-electron chi connectivity index (χ3n) is 2.98. The second-order valence-electron chi connectivity index (χ2n) is 4.57. The zero-order chi connectivity index (χ0) is 17.7. The SMILES string of the molecule is N#CC(=Cc1ccc([N+](=O)[O-])cc1)C(=O)Nc1c(Cl)cccc1Cl. The highest BCUT2D eigenvalue weighted by Gasteiger charge is 2.14. The van der Waals surface area contributed by atoms with E-state index in [-0.39, 0.29) is 27.0 Å². The smallest absolute Gasteiger partial charge is 0.269 e. The van der Waals surface area contributed by atoms with Gasteiger partial charge in [0.2, 0.25) is 0 Å². The van der Waals surface area contributed by atoms with E-state index in [0.717, 1.165) is 0 Å². The molecule has 2 rings (SSSR count). The van der Waals surface area contributed by atoms with Gasteiger partial charge in [-0.2, -0.15) is 5.26 Å². The van der Waals surface area contributed by atoms with Crippen LogP contribution in [0.5, 0.6) is 0 Å². The van der Waals surface area contributed by atoms with Gasteiger partial charge in [-0.1, -0.05) is 29.3 Å². The number of amides is 1. The second-order valence-corrected chi connectivity index (χ2v) is 5.38. The molecule has 0 aliphatic carbocycles. The van der Waals surface area contributed by atoms with E-state index in [1.54, 1.807) is 24.3 Å². The van der Waals surface area contributed by atoms with Crippen LogP contribution in [0, 0.1) is 21.4 Å². The van der Waals surface area contributed by atoms with Gasteiger partial charge < -0.3 is 5.32 Å². The van der Waals surface area contributed by atoms with E-state index in [4.69, 9.17) is 28.5 Å². The minimum atomic E-state index is -0.689. The number of benzene rings is 2. The average molecular weight is 362 g/mol. The summed E-state index contributed by atoms with van der Waals surface area (Å²) in [5.41, 5.74) is 0.394. The van der Waals surface area contributed by atoms with Crippen LogP contribution in [-0.4, -0.2) is 10.8 Å². The number of rotatable bonds is 4. The fraction of sp³-hybridized carbons (Fsp3) is 0. The van der Waals surface area contributed by atoms with Crippen molar-refractivity contribution in [1.82, 2.24) is 0 Å². The van der Waals surface area contributed by atoms with Crippen molar-refractivity contribution in [1.29, 1.82) is 5.26 Å². The Morgan fingerprint density at radius 1 is 1.17 bits per heavy atom. The van der Waals surface area contributed by atoms with Gasteiger partial charge in [0.15, 0.2) is 0 Å². The molecule has 0 heterocycles. The molecule has 0 atom stereocenters. The lowest BCUT2D eigenvalue weighted by Gasteiger charge is -2.08. The molecule has 6 nitrogen and oxygen atoms in total. The Morgan fingerprint density at radius 3 is 2.25 bits per heavy atom. The molecule has 0 unspecified atom stereocenters. The lowest BCUT2D eigenvalue weighted by atomic mass is 10.1. The molecule has 1 amide bonds. The standard InChI is InChI=1S/C16H9Cl2N3O3/c17-13-2-1-3-14(18)15(13)20-16(22)11(9-19)8-10-4-6-12(7-5-10)21(23)24/h1-8H,(H,20,22). The number of nitriles is 1. The maximum Gasteiger partial charge on any atom is 0.269 e. The fourth-order valence-corrected chi connectivity index (χ4v) is 2.30. The predicted molar refractivity (Wildman–Crippen MR) is 91.8 cm³/mol. The second kappa shape index (κ2) is 7.59. The van der Waals surface area contributed by atoms with Crippen LogP contribution >= 0.6 is 23.2 Å². The van der Waals surface area contributed by atoms with Gasteiger partial charge in [0.25, 0.3) is 11.6 Å². The number of nitrogens with zero attached hydrogens (tertiary/aromatic N) is 2. The normalized spacial score (nSPS) is 10.8. The Kier molecular flexibility index (Phi) is 5.53. The Bertz CT molecular complexity index is 851. The minimum Gasteiger partial charge on any atom is -0.319 e. The molecule has 0 saturated heterocycles. The molecule has 0 spiro atoms. The molecular formula is C16H9Cl2N3O3. The zero-order valence-electron chi connectivity index (χ0n) is 12.0. The molecule has 0 aliphatic heterocycles. The Hall–Kier alpha value is -2.88. The van der Waals surface area contributed by atoms with Crippen LogP contribution in [0.4, 0.5) is 11.4 Å². The van der Waals surface area contributed by atoms with Crippen LogP contribution in [0.3, 0.4) is 0 Å². The van der Waals surface area contributed by atoms with Crippen molar-refractivity contribution in [3.8, 4) is 6.07 Å². The number of para-hydroxylation sites is 1. The number of hydrogen-bond acceptors (Lipinski definition) is 4. The molecule has 1 N–H and O–H groups in total. The minimum absolute atomic E-state index is 0.0852. The number of anilines is 1. The number of halogens is 2. The first kappa shape index (κ1) is 17.5. The van der Waals surface area contributed by atoms with Crippen LogP contribution in [0.25, 0.3) is 6.08 Å². The van der Waals surface area contributed by atoms with Gasteiger partial charge in [-0.05, 0) is 35.9 Å². The number of non-ortho nitro benzene ring substituents is 1. The highest BCUT2D eigenvalue weighted by molar-refractivity contribution is 6.40. The molecule has 2 aromatic rings. The number of nitro benzene ring substituents is 1. The highest BCUT2D eigenvalue weighted by atomic mass is 35.5. The quantitative estimate of drug-likeness (QED) is 0.376. The van der Waals surface area contributed by atoms with E-state index in [1.807, 2.05) is 0 Å². The molecule has 0 fully saturated rings. The van der Waals surface area contributed by atoms with Gasteiger partial charge in [0.1, 0.15) is 11.6 Å². The zero-order valence-corrected chi connectivity index (χ0v) is 13.5. The summed E-state index contributed by atoms with van der Waals surface area (Å²) in [6.07, 6.45) is 1.31. The van der Waals surface area contributed by atoms with Crippen molar-refractivity contribution >= 4 is 46.6 Å². The van der Waals surface area contributed by atoms with Crippen LogP contribution in [0.15, 0.2) is 48.0 Å². The molecule has 120 valence electrons. The molecule has 0 bridgehead atoms. The summed E-state index contributed by atoms with van der Waals surface area (Å²) in [4.78, 5) is 22.3. The summed E-state index contributed by atoms with van der Waals surface area (Å²) in [5, 5.41) is 22.7. The molecule has 0 aromatic heterocycles. The van der Waals surface area contributed by atoms with Crippen LogP contribution in [-0.2, 0) is 4.79 Å². The molecule has 2 aromatic carbocycles. The first-order valence-corrected chi connectivity index (χ1v) is 7.29. The maximum atomic E-state index is 12.2. The van der Waals surface area contributed by atoms with E-state index in [0.29, 0.717) is 5.56 Å². The predicted octanol–water partition coefficient (Wildman–Crippen LogP) is 4.45. The van der Waals surface area contributed by atoms with Crippen LogP contribution < -0.4 is 5.32 Å². The van der Waals surface area contributed by atoms with E-state index >= 15 is 0 Å². The summed E-state index contributed by atoms with van der Waals surface area (Å²) in [6, 6.07) is 11.9. The average Bonchev–Trinajstić information content (AvgIpc) is 2.56. The number of carbonyl (C=O) groups is 1. The summed E-state index contributed by atoms with van der Waals surface area (Å²) in [5.74, 6) is -0.689. The van der Waals surface area contributed by atoms with E-state index in [9.17, 15) is 14.9 Å². The molecular weight excluding hydrogens is 353 g/mol. The molecule has 0 radical (unpaired) electrons. The Balaban J connectivity index is 2.26. The number of carbonyl (C=O) groups excluding carboxylic acids is 1. The van der Waals surface area contributed by atoms with Crippen molar-refractivity contribution in [2.24, 2.45) is 0 Å². The van der Waals surface area contributed by atoms with Crippen molar-refractivity contribution in [2.75, 3.05) is 5.32 Å². The largest absolute Gasteiger partial charge is 0.319 e. The van der Waals surface area contributed by atoms with Gasteiger partial charge in [-0.3, -0.25) is 14.9 Å². The Morgan fingerprint density at radius 2 is 1.75 bits per heavy atom. The fourth-order valence-electron chi connectivity index (χ4n) is 1.81. The monoisotopic (exact) mass is 361 g/mol. The van der Waals surface area contributed by atoms with Crippen molar-refractivity contribution in [2.45, 2.75) is 0 Å². The van der Waals surface area contributed by atoms with Gasteiger partial charge in [-0.25, -0.2) is 0 Å². The molecule has 0 saturated carbocycles. The highest BCUT2D eigenvalue weighted by Crippen LogP contribution is 2.30. The lowest BCUT2D eigenvalue weighted by molar-refractivity contribution is -0.384. The van der Waals surface area contributed by atoms with E-state index in [2.05, 4.69) is 5.32 Å². The Labute approximate surface area is 147 Å². The number of nitro groups is 1. The molecule has 8 heteroatoms. The van der Waals surface area contributed by atoms with Crippen LogP contribution in [0.1, 0.15) is 5.56 Å². The van der Waals surface area contributed by atoms with E-state index < -0.39 is 10.8 Å². The molecule has 0 aliphatic rings. The maximum absolute atomic E-state index is 12.2. The topological polar surface area (TPSA) is 96.0 Å². The van der Waals surface area contributed by atoms with Crippen LogP contribution in [0.2, 0.25) is 10.0 Å². The lowest BCUT2D eigenvalue weighted by Crippen LogP contribution is -2.14. The van der Waals surface area contributed by atoms with Gasteiger partial charge >= 0.3 is 0 Å². The van der Waals surface area contributed by atoms with Gasteiger partial charge in [0, 0.05) is 12.1 Å². The van der Waals surface area contributed by atoms with E-state index in [1.165, 1.54) is 30.3 Å². The number of hydrogen-bond donors (Lipinski definition) is 1.